The van der Waals surface area contributed by atoms with Gasteiger partial charge in [-0.25, -0.2) is 4.79 Å². The molecule has 0 aliphatic carbocycles. The first kappa shape index (κ1) is 19.0. The lowest BCUT2D eigenvalue weighted by Gasteiger charge is -2.31. The second kappa shape index (κ2) is 8.71. The maximum absolute atomic E-state index is 12.7. The average Bonchev–Trinajstić information content (AvgIpc) is 2.69. The first-order valence-corrected chi connectivity index (χ1v) is 9.55. The van der Waals surface area contributed by atoms with Crippen LogP contribution in [0.1, 0.15) is 38.2 Å². The topological polar surface area (TPSA) is 61.4 Å². The van der Waals surface area contributed by atoms with Gasteiger partial charge in [0, 0.05) is 30.4 Å². The fourth-order valence-corrected chi connectivity index (χ4v) is 3.42. The van der Waals surface area contributed by atoms with Crippen LogP contribution in [-0.4, -0.2) is 29.9 Å². The molecule has 2 N–H and O–H groups in total. The van der Waals surface area contributed by atoms with Crippen LogP contribution in [0.3, 0.4) is 0 Å². The number of piperidine rings is 1. The molecule has 5 heteroatoms. The van der Waals surface area contributed by atoms with Crippen molar-refractivity contribution in [2.45, 2.75) is 32.6 Å². The highest BCUT2D eigenvalue weighted by molar-refractivity contribution is 5.94. The van der Waals surface area contributed by atoms with Gasteiger partial charge in [-0.2, -0.15) is 0 Å². The number of hydrogen-bond donors (Lipinski definition) is 2. The lowest BCUT2D eigenvalue weighted by molar-refractivity contribution is -0.121. The Morgan fingerprint density at radius 1 is 0.926 bits per heavy atom. The third kappa shape index (κ3) is 4.88. The zero-order chi connectivity index (χ0) is 19.2. The molecule has 1 fully saturated rings. The van der Waals surface area contributed by atoms with Gasteiger partial charge in [-0.1, -0.05) is 50.2 Å². The number of nitrogens with one attached hydrogen (secondary N) is 2. The van der Waals surface area contributed by atoms with E-state index in [1.165, 1.54) is 0 Å². The van der Waals surface area contributed by atoms with Crippen LogP contribution in [-0.2, 0) is 4.79 Å². The fraction of sp³-hybridized carbons (Fsp3) is 0.364. The number of para-hydroxylation sites is 2. The first-order chi connectivity index (χ1) is 13.0. The van der Waals surface area contributed by atoms with Crippen molar-refractivity contribution in [3.05, 3.63) is 60.2 Å². The van der Waals surface area contributed by atoms with E-state index < -0.39 is 0 Å². The molecule has 0 bridgehead atoms. The maximum atomic E-state index is 12.7. The highest BCUT2D eigenvalue weighted by atomic mass is 16.2. The van der Waals surface area contributed by atoms with E-state index in [1.807, 2.05) is 48.5 Å². The third-order valence-electron chi connectivity index (χ3n) is 5.02. The van der Waals surface area contributed by atoms with Gasteiger partial charge in [0.25, 0.3) is 0 Å². The molecule has 0 aromatic heterocycles. The van der Waals surface area contributed by atoms with Crippen molar-refractivity contribution < 1.29 is 9.59 Å². The minimum Gasteiger partial charge on any atom is -0.326 e. The summed E-state index contributed by atoms with van der Waals surface area (Å²) in [5.74, 6) is 0.335. The third-order valence-corrected chi connectivity index (χ3v) is 5.02. The summed E-state index contributed by atoms with van der Waals surface area (Å²) < 4.78 is 0. The number of carbonyl (C=O) groups is 2. The van der Waals surface area contributed by atoms with Crippen LogP contribution in [0.25, 0.3) is 0 Å². The summed E-state index contributed by atoms with van der Waals surface area (Å²) in [6.07, 6.45) is 1.36. The smallest absolute Gasteiger partial charge is 0.321 e. The number of benzene rings is 2. The van der Waals surface area contributed by atoms with Crippen LogP contribution in [0, 0.1) is 5.92 Å². The van der Waals surface area contributed by atoms with Crippen LogP contribution < -0.4 is 10.6 Å². The predicted octanol–water partition coefficient (Wildman–Crippen LogP) is 4.69. The minimum atomic E-state index is -0.106. The van der Waals surface area contributed by atoms with Crippen LogP contribution in [0.4, 0.5) is 16.2 Å². The normalized spacial score (nSPS) is 14.9. The number of likely N-dealkylation sites (tertiary alicyclic amines) is 1. The van der Waals surface area contributed by atoms with E-state index in [0.717, 1.165) is 16.9 Å². The Kier molecular flexibility index (Phi) is 6.12. The molecule has 1 aliphatic heterocycles. The second-order valence-electron chi connectivity index (χ2n) is 7.29. The van der Waals surface area contributed by atoms with Crippen molar-refractivity contribution >= 4 is 23.3 Å². The largest absolute Gasteiger partial charge is 0.326 e. The molecule has 0 spiro atoms. The van der Waals surface area contributed by atoms with Crippen LogP contribution in [0.2, 0.25) is 0 Å². The van der Waals surface area contributed by atoms with Crippen molar-refractivity contribution in [3.8, 4) is 0 Å². The highest BCUT2D eigenvalue weighted by Gasteiger charge is 2.27. The van der Waals surface area contributed by atoms with Gasteiger partial charge in [0.2, 0.25) is 5.91 Å². The van der Waals surface area contributed by atoms with Crippen molar-refractivity contribution in [1.82, 2.24) is 4.90 Å². The summed E-state index contributed by atoms with van der Waals surface area (Å²) in [6.45, 7) is 5.41. The number of carbonyl (C=O) groups excluding carboxylic acids is 2. The van der Waals surface area contributed by atoms with E-state index in [4.69, 9.17) is 0 Å². The molecule has 0 saturated carbocycles. The van der Waals surface area contributed by atoms with Gasteiger partial charge in [0.15, 0.2) is 0 Å². The van der Waals surface area contributed by atoms with Gasteiger partial charge in [0.05, 0.1) is 0 Å². The van der Waals surface area contributed by atoms with E-state index in [0.29, 0.717) is 31.8 Å². The van der Waals surface area contributed by atoms with Crippen LogP contribution in [0.5, 0.6) is 0 Å². The van der Waals surface area contributed by atoms with Crippen LogP contribution in [0.15, 0.2) is 54.6 Å². The molecule has 3 rings (SSSR count). The Bertz CT molecular complexity index is 781. The number of urea groups is 1. The zero-order valence-corrected chi connectivity index (χ0v) is 15.9. The molecule has 3 amide bonds. The molecule has 0 radical (unpaired) electrons. The van der Waals surface area contributed by atoms with E-state index in [1.54, 1.807) is 4.90 Å². The van der Waals surface area contributed by atoms with Gasteiger partial charge in [0.1, 0.15) is 0 Å². The molecule has 5 nitrogen and oxygen atoms in total. The number of nitrogens with zero attached hydrogens (tertiary/aromatic N) is 1. The van der Waals surface area contributed by atoms with Gasteiger partial charge in [-0.15, -0.1) is 0 Å². The van der Waals surface area contributed by atoms with E-state index in [-0.39, 0.29) is 17.9 Å². The summed E-state index contributed by atoms with van der Waals surface area (Å²) >= 11 is 0. The summed E-state index contributed by atoms with van der Waals surface area (Å²) in [5.41, 5.74) is 2.82. The molecule has 0 atom stereocenters. The SMILES string of the molecule is CC(C)c1ccccc1NC(=O)C1CCN(C(=O)Nc2ccccc2)CC1. The molecule has 1 aliphatic rings. The average molecular weight is 365 g/mol. The maximum Gasteiger partial charge on any atom is 0.321 e. The quantitative estimate of drug-likeness (QED) is 0.825. The summed E-state index contributed by atoms with van der Waals surface area (Å²) in [7, 11) is 0. The van der Waals surface area contributed by atoms with Crippen molar-refractivity contribution in [3.63, 3.8) is 0 Å². The van der Waals surface area contributed by atoms with E-state index in [9.17, 15) is 9.59 Å². The van der Waals surface area contributed by atoms with Gasteiger partial charge in [-0.05, 0) is 42.5 Å². The minimum absolute atomic E-state index is 0.0474. The van der Waals surface area contributed by atoms with Gasteiger partial charge >= 0.3 is 6.03 Å². The lowest BCUT2D eigenvalue weighted by Crippen LogP contribution is -2.43. The molecule has 2 aromatic rings. The Balaban J connectivity index is 1.53. The Morgan fingerprint density at radius 2 is 1.56 bits per heavy atom. The molecule has 27 heavy (non-hydrogen) atoms. The lowest BCUT2D eigenvalue weighted by atomic mass is 9.95. The van der Waals surface area contributed by atoms with Crippen LogP contribution >= 0.6 is 0 Å². The molecule has 1 saturated heterocycles. The summed E-state index contributed by atoms with van der Waals surface area (Å²) in [4.78, 5) is 26.8. The van der Waals surface area contributed by atoms with E-state index in [2.05, 4.69) is 30.5 Å². The standard InChI is InChI=1S/C22H27N3O2/c1-16(2)19-10-6-7-11-20(19)24-21(26)17-12-14-25(15-13-17)22(27)23-18-8-4-3-5-9-18/h3-11,16-17H,12-15H2,1-2H3,(H,23,27)(H,24,26). The fourth-order valence-electron chi connectivity index (χ4n) is 3.42. The molecular formula is C22H27N3O2. The van der Waals surface area contributed by atoms with Crippen molar-refractivity contribution in [1.29, 1.82) is 0 Å². The Morgan fingerprint density at radius 3 is 2.22 bits per heavy atom. The molecule has 1 heterocycles. The predicted molar refractivity (Wildman–Crippen MR) is 109 cm³/mol. The van der Waals surface area contributed by atoms with Crippen molar-refractivity contribution in [2.24, 2.45) is 5.92 Å². The monoisotopic (exact) mass is 365 g/mol. The molecule has 2 aromatic carbocycles. The number of amides is 3. The Hall–Kier alpha value is -2.82. The summed E-state index contributed by atoms with van der Waals surface area (Å²) in [5, 5.41) is 5.99. The number of hydrogen-bond acceptors (Lipinski definition) is 2. The molecular weight excluding hydrogens is 338 g/mol. The Labute approximate surface area is 160 Å². The first-order valence-electron chi connectivity index (χ1n) is 9.55. The van der Waals surface area contributed by atoms with Gasteiger partial charge in [-0.3, -0.25) is 4.79 Å². The number of rotatable bonds is 4. The van der Waals surface area contributed by atoms with E-state index >= 15 is 0 Å². The van der Waals surface area contributed by atoms with Crippen molar-refractivity contribution in [2.75, 3.05) is 23.7 Å². The molecule has 0 unspecified atom stereocenters. The molecule has 142 valence electrons. The highest BCUT2D eigenvalue weighted by Crippen LogP contribution is 2.26. The zero-order valence-electron chi connectivity index (χ0n) is 15.9. The van der Waals surface area contributed by atoms with Gasteiger partial charge < -0.3 is 15.5 Å². The number of anilines is 2. The second-order valence-corrected chi connectivity index (χ2v) is 7.29. The summed E-state index contributed by atoms with van der Waals surface area (Å²) in [6, 6.07) is 17.3.